The monoisotopic (exact) mass is 310 g/mol. The Morgan fingerprint density at radius 1 is 0.458 bits per heavy atom. The highest BCUT2D eigenvalue weighted by Gasteiger charge is 2.19. The lowest BCUT2D eigenvalue weighted by Gasteiger charge is -2.24. The second-order valence-corrected chi connectivity index (χ2v) is 6.71. The topological polar surface area (TPSA) is 0 Å². The van der Waals surface area contributed by atoms with Crippen LogP contribution in [0.3, 0.4) is 0 Å². The van der Waals surface area contributed by atoms with E-state index in [1.807, 2.05) is 0 Å². The minimum atomic E-state index is 0.460. The van der Waals surface area contributed by atoms with Crippen LogP contribution < -0.4 is 0 Å². The second-order valence-electron chi connectivity index (χ2n) is 6.71. The molecule has 4 rings (SSSR count). The van der Waals surface area contributed by atoms with Crippen LogP contribution in [0.15, 0.2) is 84.9 Å². The van der Waals surface area contributed by atoms with Gasteiger partial charge in [0.2, 0.25) is 0 Å². The maximum absolute atomic E-state index is 2.36. The quantitative estimate of drug-likeness (QED) is 0.386. The lowest BCUT2D eigenvalue weighted by molar-refractivity contribution is 0.632. The van der Waals surface area contributed by atoms with E-state index in [0.717, 1.165) is 0 Å². The lowest BCUT2D eigenvalue weighted by atomic mass is 9.80. The SMILES string of the molecule is C[C@@H](c1cccc2ccccc12)[C@@H](C)c1cccc2ccccc12. The number of hydrogen-bond acceptors (Lipinski definition) is 0. The Labute approximate surface area is 143 Å². The summed E-state index contributed by atoms with van der Waals surface area (Å²) in [5.74, 6) is 0.920. The fourth-order valence-electron chi connectivity index (χ4n) is 3.83. The van der Waals surface area contributed by atoms with Gasteiger partial charge >= 0.3 is 0 Å². The van der Waals surface area contributed by atoms with Crippen molar-refractivity contribution in [3.05, 3.63) is 96.1 Å². The van der Waals surface area contributed by atoms with Gasteiger partial charge in [0.05, 0.1) is 0 Å². The Kier molecular flexibility index (Phi) is 3.82. The van der Waals surface area contributed by atoms with Crippen LogP contribution in [0.2, 0.25) is 0 Å². The second kappa shape index (κ2) is 6.13. The van der Waals surface area contributed by atoms with Crippen molar-refractivity contribution in [3.63, 3.8) is 0 Å². The molecule has 0 bridgehead atoms. The molecule has 24 heavy (non-hydrogen) atoms. The summed E-state index contributed by atoms with van der Waals surface area (Å²) in [6.45, 7) is 4.71. The van der Waals surface area contributed by atoms with Gasteiger partial charge in [0, 0.05) is 0 Å². The van der Waals surface area contributed by atoms with Crippen molar-refractivity contribution in [2.75, 3.05) is 0 Å². The van der Waals surface area contributed by atoms with Crippen LogP contribution in [-0.4, -0.2) is 0 Å². The van der Waals surface area contributed by atoms with E-state index < -0.39 is 0 Å². The summed E-state index contributed by atoms with van der Waals surface area (Å²) in [4.78, 5) is 0. The molecule has 0 heterocycles. The maximum Gasteiger partial charge on any atom is -0.0118 e. The number of benzene rings is 4. The zero-order chi connectivity index (χ0) is 16.5. The third-order valence-electron chi connectivity index (χ3n) is 5.38. The molecule has 0 fully saturated rings. The summed E-state index contributed by atoms with van der Waals surface area (Å²) in [5, 5.41) is 5.40. The number of rotatable bonds is 3. The lowest BCUT2D eigenvalue weighted by Crippen LogP contribution is -2.06. The van der Waals surface area contributed by atoms with Gasteiger partial charge in [0.25, 0.3) is 0 Å². The minimum Gasteiger partial charge on any atom is -0.0616 e. The third kappa shape index (κ3) is 2.49. The molecule has 0 radical (unpaired) electrons. The van der Waals surface area contributed by atoms with Gasteiger partial charge in [-0.2, -0.15) is 0 Å². The third-order valence-corrected chi connectivity index (χ3v) is 5.38. The zero-order valence-electron chi connectivity index (χ0n) is 14.2. The molecule has 0 aliphatic carbocycles. The van der Waals surface area contributed by atoms with Gasteiger partial charge in [-0.1, -0.05) is 98.8 Å². The highest BCUT2D eigenvalue weighted by atomic mass is 14.2. The molecule has 4 aromatic rings. The van der Waals surface area contributed by atoms with Gasteiger partial charge in [0.15, 0.2) is 0 Å². The van der Waals surface area contributed by atoms with Gasteiger partial charge in [-0.15, -0.1) is 0 Å². The average Bonchev–Trinajstić information content (AvgIpc) is 2.66. The molecule has 0 aromatic heterocycles. The summed E-state index contributed by atoms with van der Waals surface area (Å²) in [6, 6.07) is 30.8. The van der Waals surface area contributed by atoms with E-state index >= 15 is 0 Å². The van der Waals surface area contributed by atoms with E-state index in [1.165, 1.54) is 32.7 Å². The largest absolute Gasteiger partial charge is 0.0616 e. The predicted octanol–water partition coefficient (Wildman–Crippen LogP) is 6.90. The van der Waals surface area contributed by atoms with Crippen molar-refractivity contribution in [2.45, 2.75) is 25.7 Å². The number of hydrogen-bond donors (Lipinski definition) is 0. The molecule has 0 nitrogen and oxygen atoms in total. The molecule has 0 N–H and O–H groups in total. The van der Waals surface area contributed by atoms with Gasteiger partial charge < -0.3 is 0 Å². The van der Waals surface area contributed by atoms with Gasteiger partial charge in [-0.3, -0.25) is 0 Å². The van der Waals surface area contributed by atoms with E-state index in [1.54, 1.807) is 0 Å². The normalized spacial score (nSPS) is 13.9. The summed E-state index contributed by atoms with van der Waals surface area (Å²) < 4.78 is 0. The Bertz CT molecular complexity index is 903. The molecule has 0 aliphatic rings. The average molecular weight is 310 g/mol. The van der Waals surface area contributed by atoms with Crippen molar-refractivity contribution in [1.29, 1.82) is 0 Å². The Balaban J connectivity index is 1.82. The van der Waals surface area contributed by atoms with E-state index in [-0.39, 0.29) is 0 Å². The van der Waals surface area contributed by atoms with E-state index in [9.17, 15) is 0 Å². The smallest absolute Gasteiger partial charge is 0.0118 e. The number of fused-ring (bicyclic) bond motifs is 2. The fourth-order valence-corrected chi connectivity index (χ4v) is 3.83. The summed E-state index contributed by atoms with van der Waals surface area (Å²) >= 11 is 0. The van der Waals surface area contributed by atoms with Crippen molar-refractivity contribution in [3.8, 4) is 0 Å². The molecule has 0 saturated heterocycles. The van der Waals surface area contributed by atoms with Gasteiger partial charge in [-0.25, -0.2) is 0 Å². The molecular weight excluding hydrogens is 288 g/mol. The van der Waals surface area contributed by atoms with Crippen LogP contribution in [0.1, 0.15) is 36.8 Å². The van der Waals surface area contributed by atoms with Crippen LogP contribution in [0.4, 0.5) is 0 Å². The zero-order valence-corrected chi connectivity index (χ0v) is 14.2. The Morgan fingerprint density at radius 3 is 1.29 bits per heavy atom. The molecule has 0 heteroatoms. The van der Waals surface area contributed by atoms with Crippen LogP contribution >= 0.6 is 0 Å². The molecule has 0 spiro atoms. The fraction of sp³-hybridized carbons (Fsp3) is 0.167. The highest BCUT2D eigenvalue weighted by molar-refractivity contribution is 5.88. The standard InChI is InChI=1S/C24H22/c1-17(21-15-7-11-19-9-3-5-13-23(19)21)18(2)22-16-8-12-20-10-4-6-14-24(20)22/h3-18H,1-2H3/t17-,18-/m1/s1. The van der Waals surface area contributed by atoms with Crippen LogP contribution in [0.25, 0.3) is 21.5 Å². The molecule has 0 saturated carbocycles. The molecule has 4 aromatic carbocycles. The molecule has 2 atom stereocenters. The Hall–Kier alpha value is -2.60. The summed E-state index contributed by atoms with van der Waals surface area (Å²) in [7, 11) is 0. The first-order chi connectivity index (χ1) is 11.8. The Morgan fingerprint density at radius 2 is 0.833 bits per heavy atom. The first-order valence-electron chi connectivity index (χ1n) is 8.71. The predicted molar refractivity (Wildman–Crippen MR) is 105 cm³/mol. The van der Waals surface area contributed by atoms with Crippen LogP contribution in [0, 0.1) is 0 Å². The molecule has 0 amide bonds. The van der Waals surface area contributed by atoms with Crippen LogP contribution in [-0.2, 0) is 0 Å². The molecular formula is C24H22. The van der Waals surface area contributed by atoms with Crippen molar-refractivity contribution in [1.82, 2.24) is 0 Å². The highest BCUT2D eigenvalue weighted by Crippen LogP contribution is 2.38. The first kappa shape index (κ1) is 15.0. The minimum absolute atomic E-state index is 0.460. The maximum atomic E-state index is 2.36. The molecule has 118 valence electrons. The van der Waals surface area contributed by atoms with Gasteiger partial charge in [0.1, 0.15) is 0 Å². The summed E-state index contributed by atoms with van der Waals surface area (Å²) in [5.41, 5.74) is 2.88. The van der Waals surface area contributed by atoms with Crippen molar-refractivity contribution >= 4 is 21.5 Å². The summed E-state index contributed by atoms with van der Waals surface area (Å²) in [6.07, 6.45) is 0. The molecule has 0 unspecified atom stereocenters. The van der Waals surface area contributed by atoms with Gasteiger partial charge in [-0.05, 0) is 44.5 Å². The van der Waals surface area contributed by atoms with Crippen molar-refractivity contribution in [2.24, 2.45) is 0 Å². The van der Waals surface area contributed by atoms with E-state index in [4.69, 9.17) is 0 Å². The first-order valence-corrected chi connectivity index (χ1v) is 8.71. The van der Waals surface area contributed by atoms with Crippen molar-refractivity contribution < 1.29 is 0 Å². The molecule has 0 aliphatic heterocycles. The van der Waals surface area contributed by atoms with E-state index in [0.29, 0.717) is 11.8 Å². The van der Waals surface area contributed by atoms with E-state index in [2.05, 4.69) is 98.8 Å². The van der Waals surface area contributed by atoms with Crippen LogP contribution in [0.5, 0.6) is 0 Å².